The van der Waals surface area contributed by atoms with Crippen molar-refractivity contribution in [2.45, 2.75) is 6.92 Å². The number of imidazole rings is 1. The van der Waals surface area contributed by atoms with Crippen LogP contribution in [0, 0.1) is 28.7 Å². The van der Waals surface area contributed by atoms with Crippen LogP contribution < -0.4 is 0 Å². The number of nitro benzene ring substituents is 1. The second-order valence-corrected chi connectivity index (χ2v) is 8.24. The summed E-state index contributed by atoms with van der Waals surface area (Å²) < 4.78 is 28.6. The molecule has 0 amide bonds. The first-order valence-electron chi connectivity index (χ1n) is 8.84. The number of thiazole rings is 1. The SMILES string of the molecule is Cc1cn2c(/C=C/C(=O)c3cc(F)cc(F)c3)c(-c3ccc(Cl)c([N+](=O)[O-])c3)nc2s1. The van der Waals surface area contributed by atoms with Crippen molar-refractivity contribution >= 4 is 45.4 Å². The number of aromatic nitrogens is 2. The molecule has 0 unspecified atom stereocenters. The standard InChI is InChI=1S/C21H12ClF2N3O3S/c1-11-10-26-17(4-5-19(28)13-6-14(23)9-15(24)7-13)20(25-21(26)31-11)12-2-3-16(22)18(8-12)27(29)30/h2-10H,1H3/b5-4+. The number of rotatable bonds is 5. The van der Waals surface area contributed by atoms with Crippen LogP contribution in [-0.4, -0.2) is 20.1 Å². The maximum Gasteiger partial charge on any atom is 0.288 e. The van der Waals surface area contributed by atoms with Gasteiger partial charge in [0.2, 0.25) is 0 Å². The summed E-state index contributed by atoms with van der Waals surface area (Å²) >= 11 is 7.31. The third-order valence-corrected chi connectivity index (χ3v) is 5.65. The highest BCUT2D eigenvalue weighted by Crippen LogP contribution is 2.34. The fourth-order valence-corrected chi connectivity index (χ4v) is 4.11. The predicted octanol–water partition coefficient (Wildman–Crippen LogP) is 6.11. The molecule has 2 aromatic heterocycles. The molecule has 0 radical (unpaired) electrons. The van der Waals surface area contributed by atoms with Crippen molar-refractivity contribution in [1.82, 2.24) is 9.38 Å². The van der Waals surface area contributed by atoms with E-state index in [1.165, 1.54) is 35.6 Å². The molecule has 0 aliphatic heterocycles. The zero-order valence-corrected chi connectivity index (χ0v) is 17.4. The van der Waals surface area contributed by atoms with Crippen LogP contribution in [0.4, 0.5) is 14.5 Å². The fourth-order valence-electron chi connectivity index (χ4n) is 3.09. The molecule has 0 saturated carbocycles. The minimum atomic E-state index is -0.855. The summed E-state index contributed by atoms with van der Waals surface area (Å²) in [5.74, 6) is -2.31. The number of carbonyl (C=O) groups excluding carboxylic acids is 1. The van der Waals surface area contributed by atoms with Gasteiger partial charge in [0.15, 0.2) is 10.7 Å². The monoisotopic (exact) mass is 459 g/mol. The van der Waals surface area contributed by atoms with E-state index in [2.05, 4.69) is 4.98 Å². The molecule has 0 spiro atoms. The number of nitro groups is 1. The average Bonchev–Trinajstić information content (AvgIpc) is 3.21. The van der Waals surface area contributed by atoms with Gasteiger partial charge in [0.05, 0.1) is 16.3 Å². The van der Waals surface area contributed by atoms with Crippen molar-refractivity contribution in [3.63, 3.8) is 0 Å². The van der Waals surface area contributed by atoms with Gasteiger partial charge in [0.1, 0.15) is 16.7 Å². The molecule has 0 aliphatic rings. The normalized spacial score (nSPS) is 11.5. The Morgan fingerprint density at radius 1 is 1.23 bits per heavy atom. The van der Waals surface area contributed by atoms with E-state index in [1.54, 1.807) is 10.5 Å². The van der Waals surface area contributed by atoms with Crippen molar-refractivity contribution in [2.75, 3.05) is 0 Å². The molecule has 10 heteroatoms. The number of benzene rings is 2. The van der Waals surface area contributed by atoms with Gasteiger partial charge in [-0.3, -0.25) is 19.3 Å². The molecule has 0 atom stereocenters. The van der Waals surface area contributed by atoms with Gasteiger partial charge < -0.3 is 0 Å². The summed E-state index contributed by atoms with van der Waals surface area (Å²) in [6, 6.07) is 6.88. The molecule has 156 valence electrons. The molecule has 4 aromatic rings. The Kier molecular flexibility index (Phi) is 5.38. The topological polar surface area (TPSA) is 77.5 Å². The van der Waals surface area contributed by atoms with Crippen molar-refractivity contribution in [3.8, 4) is 11.3 Å². The van der Waals surface area contributed by atoms with E-state index in [0.29, 0.717) is 28.0 Å². The van der Waals surface area contributed by atoms with Gasteiger partial charge in [0.25, 0.3) is 5.69 Å². The number of fused-ring (bicyclic) bond motifs is 1. The quantitative estimate of drug-likeness (QED) is 0.156. The number of allylic oxidation sites excluding steroid dienone is 1. The summed E-state index contributed by atoms with van der Waals surface area (Å²) in [6.45, 7) is 1.89. The van der Waals surface area contributed by atoms with Crippen molar-refractivity contribution in [3.05, 3.63) is 91.6 Å². The first kappa shape index (κ1) is 20.8. The molecule has 0 aliphatic carbocycles. The van der Waals surface area contributed by atoms with E-state index in [9.17, 15) is 23.7 Å². The maximum absolute atomic E-state index is 13.4. The molecular formula is C21H12ClF2N3O3S. The highest BCUT2D eigenvalue weighted by atomic mass is 35.5. The number of nitrogens with zero attached hydrogens (tertiary/aromatic N) is 3. The Morgan fingerprint density at radius 2 is 1.94 bits per heavy atom. The van der Waals surface area contributed by atoms with Gasteiger partial charge in [-0.1, -0.05) is 17.7 Å². The van der Waals surface area contributed by atoms with Crippen LogP contribution in [-0.2, 0) is 0 Å². The first-order chi connectivity index (χ1) is 14.7. The first-order valence-corrected chi connectivity index (χ1v) is 10.0. The Morgan fingerprint density at radius 3 is 2.61 bits per heavy atom. The summed E-state index contributed by atoms with van der Waals surface area (Å²) in [7, 11) is 0. The molecule has 4 rings (SSSR count). The summed E-state index contributed by atoms with van der Waals surface area (Å²) in [5.41, 5.74) is 0.919. The number of halogens is 3. The molecule has 0 saturated heterocycles. The number of carbonyl (C=O) groups is 1. The lowest BCUT2D eigenvalue weighted by atomic mass is 10.1. The van der Waals surface area contributed by atoms with Gasteiger partial charge >= 0.3 is 0 Å². The average molecular weight is 460 g/mol. The highest BCUT2D eigenvalue weighted by molar-refractivity contribution is 7.17. The molecule has 0 fully saturated rings. The zero-order chi connectivity index (χ0) is 22.3. The zero-order valence-electron chi connectivity index (χ0n) is 15.8. The van der Waals surface area contributed by atoms with E-state index in [0.717, 1.165) is 17.0 Å². The second-order valence-electron chi connectivity index (χ2n) is 6.62. The van der Waals surface area contributed by atoms with Crippen LogP contribution in [0.1, 0.15) is 20.9 Å². The smallest absolute Gasteiger partial charge is 0.288 e. The van der Waals surface area contributed by atoms with Crippen LogP contribution in [0.5, 0.6) is 0 Å². The van der Waals surface area contributed by atoms with E-state index in [-0.39, 0.29) is 16.3 Å². The lowest BCUT2D eigenvalue weighted by molar-refractivity contribution is -0.384. The molecule has 31 heavy (non-hydrogen) atoms. The van der Waals surface area contributed by atoms with Crippen molar-refractivity contribution in [1.29, 1.82) is 0 Å². The van der Waals surface area contributed by atoms with E-state index >= 15 is 0 Å². The van der Waals surface area contributed by atoms with Gasteiger partial charge in [0, 0.05) is 34.3 Å². The van der Waals surface area contributed by atoms with Crippen LogP contribution >= 0.6 is 22.9 Å². The fraction of sp³-hybridized carbons (Fsp3) is 0.0476. The van der Waals surface area contributed by atoms with E-state index in [1.807, 2.05) is 13.1 Å². The minimum absolute atomic E-state index is 0.00832. The minimum Gasteiger partial charge on any atom is -0.290 e. The van der Waals surface area contributed by atoms with Gasteiger partial charge in [-0.25, -0.2) is 13.8 Å². The van der Waals surface area contributed by atoms with Crippen LogP contribution in [0.25, 0.3) is 22.3 Å². The predicted molar refractivity (Wildman–Crippen MR) is 115 cm³/mol. The number of aryl methyl sites for hydroxylation is 1. The molecule has 0 N–H and O–H groups in total. The Bertz CT molecular complexity index is 1370. The Balaban J connectivity index is 1.82. The van der Waals surface area contributed by atoms with Crippen LogP contribution in [0.3, 0.4) is 0 Å². The van der Waals surface area contributed by atoms with Crippen LogP contribution in [0.2, 0.25) is 5.02 Å². The lowest BCUT2D eigenvalue weighted by Crippen LogP contribution is -1.97. The Hall–Kier alpha value is -3.43. The summed E-state index contributed by atoms with van der Waals surface area (Å²) in [5, 5.41) is 11.3. The maximum atomic E-state index is 13.4. The second kappa shape index (κ2) is 8.01. The molecule has 6 nitrogen and oxygen atoms in total. The van der Waals surface area contributed by atoms with E-state index < -0.39 is 22.3 Å². The van der Waals surface area contributed by atoms with Gasteiger partial charge in [-0.15, -0.1) is 11.3 Å². The lowest BCUT2D eigenvalue weighted by Gasteiger charge is -2.02. The van der Waals surface area contributed by atoms with Crippen molar-refractivity contribution in [2.24, 2.45) is 0 Å². The van der Waals surface area contributed by atoms with E-state index in [4.69, 9.17) is 11.6 Å². The third-order valence-electron chi connectivity index (χ3n) is 4.43. The van der Waals surface area contributed by atoms with Crippen LogP contribution in [0.15, 0.2) is 48.7 Å². The number of hydrogen-bond donors (Lipinski definition) is 0. The molecule has 0 bridgehead atoms. The highest BCUT2D eigenvalue weighted by Gasteiger charge is 2.19. The van der Waals surface area contributed by atoms with Gasteiger partial charge in [-0.2, -0.15) is 0 Å². The largest absolute Gasteiger partial charge is 0.290 e. The third kappa shape index (κ3) is 4.10. The summed E-state index contributed by atoms with van der Waals surface area (Å²) in [6.07, 6.45) is 4.46. The van der Waals surface area contributed by atoms with Crippen molar-refractivity contribution < 1.29 is 18.5 Å². The number of ketones is 1. The molecular weight excluding hydrogens is 448 g/mol. The number of hydrogen-bond acceptors (Lipinski definition) is 5. The molecule has 2 aromatic carbocycles. The molecule has 2 heterocycles. The summed E-state index contributed by atoms with van der Waals surface area (Å²) in [4.78, 5) is 29.3. The van der Waals surface area contributed by atoms with Gasteiger partial charge in [-0.05, 0) is 37.3 Å². The Labute approximate surface area is 183 Å².